The van der Waals surface area contributed by atoms with Crippen molar-refractivity contribution in [3.05, 3.63) is 47.2 Å². The van der Waals surface area contributed by atoms with Crippen LogP contribution in [0.5, 0.6) is 0 Å². The highest BCUT2D eigenvalue weighted by Gasteiger charge is 2.06. The zero-order chi connectivity index (χ0) is 10.8. The van der Waals surface area contributed by atoms with Crippen LogP contribution in [0.2, 0.25) is 5.02 Å². The van der Waals surface area contributed by atoms with E-state index in [1.807, 2.05) is 24.4 Å². The first kappa shape index (κ1) is 10.2. The molecule has 0 saturated heterocycles. The quantitative estimate of drug-likeness (QED) is 0.848. The van der Waals surface area contributed by atoms with Crippen LogP contribution in [-0.2, 0) is 0 Å². The highest BCUT2D eigenvalue weighted by atomic mass is 35.5. The summed E-state index contributed by atoms with van der Waals surface area (Å²) < 4.78 is 1.69. The first-order chi connectivity index (χ1) is 7.18. The third kappa shape index (κ3) is 2.03. The Balaban J connectivity index is 2.44. The van der Waals surface area contributed by atoms with E-state index in [0.29, 0.717) is 5.02 Å². The van der Waals surface area contributed by atoms with E-state index in [0.717, 1.165) is 11.3 Å². The van der Waals surface area contributed by atoms with E-state index in [1.54, 1.807) is 23.9 Å². The largest absolute Gasteiger partial charge is 0.389 e. The van der Waals surface area contributed by atoms with Gasteiger partial charge in [0.2, 0.25) is 0 Å². The number of nitrogens with zero attached hydrogens (tertiary/aromatic N) is 2. The minimum absolute atomic E-state index is 0.505. The molecule has 1 aromatic carbocycles. The molecule has 15 heavy (non-hydrogen) atoms. The average molecular weight is 223 g/mol. The summed E-state index contributed by atoms with van der Waals surface area (Å²) in [6.07, 6.45) is 3.01. The molecule has 4 heteroatoms. The summed E-state index contributed by atoms with van der Waals surface area (Å²) in [6, 6.07) is 7.27. The van der Waals surface area contributed by atoms with Gasteiger partial charge in [0.15, 0.2) is 0 Å². The fraction of sp³-hybridized carbons (Fsp3) is 0.182. The van der Waals surface area contributed by atoms with Crippen molar-refractivity contribution in [2.24, 2.45) is 0 Å². The van der Waals surface area contributed by atoms with E-state index in [1.165, 1.54) is 0 Å². The first-order valence-corrected chi connectivity index (χ1v) is 5.04. The maximum Gasteiger partial charge on any atom is 0.0831 e. The molecule has 1 heterocycles. The Bertz CT molecular complexity index is 452. The highest BCUT2D eigenvalue weighted by Crippen LogP contribution is 2.24. The Morgan fingerprint density at radius 3 is 2.80 bits per heavy atom. The summed E-state index contributed by atoms with van der Waals surface area (Å²) in [5.74, 6) is 0. The summed E-state index contributed by atoms with van der Waals surface area (Å²) in [5.41, 5.74) is 1.61. The number of aromatic nitrogens is 2. The Morgan fingerprint density at radius 2 is 2.27 bits per heavy atom. The number of benzene rings is 1. The van der Waals surface area contributed by atoms with Gasteiger partial charge >= 0.3 is 0 Å². The molecule has 1 N–H and O–H groups in total. The van der Waals surface area contributed by atoms with E-state index >= 15 is 0 Å². The van der Waals surface area contributed by atoms with E-state index in [-0.39, 0.29) is 0 Å². The zero-order valence-corrected chi connectivity index (χ0v) is 9.02. The topological polar surface area (TPSA) is 38.0 Å². The predicted molar refractivity (Wildman–Crippen MR) is 59.2 cm³/mol. The second-order valence-corrected chi connectivity index (χ2v) is 3.74. The molecular formula is C11H11ClN2O. The van der Waals surface area contributed by atoms with Gasteiger partial charge in [-0.25, -0.2) is 4.68 Å². The molecular weight excluding hydrogens is 212 g/mol. The van der Waals surface area contributed by atoms with Crippen LogP contribution in [0.25, 0.3) is 5.69 Å². The third-order valence-electron chi connectivity index (χ3n) is 2.21. The van der Waals surface area contributed by atoms with Gasteiger partial charge < -0.3 is 5.11 Å². The molecule has 0 aliphatic rings. The molecule has 0 fully saturated rings. The second-order valence-electron chi connectivity index (χ2n) is 3.34. The van der Waals surface area contributed by atoms with Crippen molar-refractivity contribution in [2.45, 2.75) is 13.0 Å². The molecule has 0 spiro atoms. The summed E-state index contributed by atoms with van der Waals surface area (Å²) >= 11 is 6.09. The van der Waals surface area contributed by atoms with Gasteiger partial charge in [-0.2, -0.15) is 5.10 Å². The molecule has 1 unspecified atom stereocenters. The molecule has 2 aromatic rings. The molecule has 0 bridgehead atoms. The van der Waals surface area contributed by atoms with Crippen molar-refractivity contribution in [1.82, 2.24) is 9.78 Å². The van der Waals surface area contributed by atoms with Crippen LogP contribution in [-0.4, -0.2) is 14.9 Å². The van der Waals surface area contributed by atoms with Crippen molar-refractivity contribution in [3.8, 4) is 5.69 Å². The maximum absolute atomic E-state index is 9.39. The van der Waals surface area contributed by atoms with Crippen molar-refractivity contribution in [2.75, 3.05) is 0 Å². The van der Waals surface area contributed by atoms with Crippen molar-refractivity contribution in [1.29, 1.82) is 0 Å². The third-order valence-corrected chi connectivity index (χ3v) is 2.51. The lowest BCUT2D eigenvalue weighted by Crippen LogP contribution is -1.97. The lowest BCUT2D eigenvalue weighted by molar-refractivity contribution is 0.199. The Morgan fingerprint density at radius 1 is 1.47 bits per heavy atom. The zero-order valence-electron chi connectivity index (χ0n) is 8.26. The normalized spacial score (nSPS) is 12.7. The van der Waals surface area contributed by atoms with E-state index < -0.39 is 6.10 Å². The molecule has 2 rings (SSSR count). The van der Waals surface area contributed by atoms with Gasteiger partial charge in [0.1, 0.15) is 0 Å². The molecule has 3 nitrogen and oxygen atoms in total. The number of rotatable bonds is 2. The van der Waals surface area contributed by atoms with Gasteiger partial charge in [-0.1, -0.05) is 17.7 Å². The minimum Gasteiger partial charge on any atom is -0.389 e. The molecule has 1 atom stereocenters. The maximum atomic E-state index is 9.39. The van der Waals surface area contributed by atoms with Gasteiger partial charge in [-0.15, -0.1) is 0 Å². The predicted octanol–water partition coefficient (Wildman–Crippen LogP) is 2.58. The Labute approximate surface area is 92.9 Å². The molecule has 78 valence electrons. The van der Waals surface area contributed by atoms with Crippen LogP contribution < -0.4 is 0 Å². The Hall–Kier alpha value is -1.32. The number of hydrogen-bond acceptors (Lipinski definition) is 2. The van der Waals surface area contributed by atoms with Crippen molar-refractivity contribution >= 4 is 11.6 Å². The smallest absolute Gasteiger partial charge is 0.0831 e. The number of hydrogen-bond donors (Lipinski definition) is 1. The minimum atomic E-state index is -0.505. The second kappa shape index (κ2) is 4.04. The monoisotopic (exact) mass is 222 g/mol. The van der Waals surface area contributed by atoms with Crippen LogP contribution in [0.3, 0.4) is 0 Å². The molecule has 0 amide bonds. The Kier molecular flexibility index (Phi) is 2.75. The fourth-order valence-corrected chi connectivity index (χ4v) is 1.66. The van der Waals surface area contributed by atoms with Crippen molar-refractivity contribution < 1.29 is 5.11 Å². The van der Waals surface area contributed by atoms with Crippen LogP contribution >= 0.6 is 11.6 Å². The van der Waals surface area contributed by atoms with Gasteiger partial charge in [0.05, 0.1) is 16.8 Å². The summed E-state index contributed by atoms with van der Waals surface area (Å²) in [7, 11) is 0. The molecule has 0 radical (unpaired) electrons. The SMILES string of the molecule is CC(O)c1ccc(-n2cccn2)c(Cl)c1. The summed E-state index contributed by atoms with van der Waals surface area (Å²) in [6.45, 7) is 1.71. The molecule has 1 aromatic heterocycles. The van der Waals surface area contributed by atoms with Gasteiger partial charge in [-0.3, -0.25) is 0 Å². The standard InChI is InChI=1S/C11H11ClN2O/c1-8(15)9-3-4-11(10(12)7-9)14-6-2-5-13-14/h2-8,15H,1H3. The van der Waals surface area contributed by atoms with E-state index in [4.69, 9.17) is 11.6 Å². The summed E-state index contributed by atoms with van der Waals surface area (Å²) in [4.78, 5) is 0. The number of aliphatic hydroxyl groups excluding tert-OH is 1. The van der Waals surface area contributed by atoms with E-state index in [9.17, 15) is 5.11 Å². The summed E-state index contributed by atoms with van der Waals surface area (Å²) in [5, 5.41) is 14.1. The lowest BCUT2D eigenvalue weighted by atomic mass is 10.1. The molecule has 0 saturated carbocycles. The van der Waals surface area contributed by atoms with Crippen LogP contribution in [0.15, 0.2) is 36.7 Å². The average Bonchev–Trinajstić information content (AvgIpc) is 2.70. The van der Waals surface area contributed by atoms with Gasteiger partial charge in [0, 0.05) is 12.4 Å². The van der Waals surface area contributed by atoms with Crippen LogP contribution in [0.1, 0.15) is 18.6 Å². The first-order valence-electron chi connectivity index (χ1n) is 4.66. The van der Waals surface area contributed by atoms with Crippen LogP contribution in [0.4, 0.5) is 0 Å². The van der Waals surface area contributed by atoms with Gasteiger partial charge in [-0.05, 0) is 30.7 Å². The number of halogens is 1. The van der Waals surface area contributed by atoms with Gasteiger partial charge in [0.25, 0.3) is 0 Å². The van der Waals surface area contributed by atoms with E-state index in [2.05, 4.69) is 5.10 Å². The lowest BCUT2D eigenvalue weighted by Gasteiger charge is -2.08. The molecule has 0 aliphatic heterocycles. The number of aliphatic hydroxyl groups is 1. The molecule has 0 aliphatic carbocycles. The van der Waals surface area contributed by atoms with Crippen molar-refractivity contribution in [3.63, 3.8) is 0 Å². The fourth-order valence-electron chi connectivity index (χ4n) is 1.38. The highest BCUT2D eigenvalue weighted by molar-refractivity contribution is 6.32. The van der Waals surface area contributed by atoms with Crippen LogP contribution in [0, 0.1) is 0 Å².